The zero-order chi connectivity index (χ0) is 14.9. The molecule has 0 saturated carbocycles. The largest absolute Gasteiger partial charge is 0.332 e. The van der Waals surface area contributed by atoms with Gasteiger partial charge in [0.25, 0.3) is 12.0 Å². The molecule has 0 aliphatic heterocycles. The van der Waals surface area contributed by atoms with E-state index >= 15 is 0 Å². The van der Waals surface area contributed by atoms with Crippen LogP contribution in [0.2, 0.25) is 0 Å². The van der Waals surface area contributed by atoms with Gasteiger partial charge in [-0.3, -0.25) is 13.9 Å². The van der Waals surface area contributed by atoms with Gasteiger partial charge in [-0.25, -0.2) is 18.6 Å². The van der Waals surface area contributed by atoms with Crippen molar-refractivity contribution in [2.75, 3.05) is 0 Å². The van der Waals surface area contributed by atoms with E-state index in [9.17, 15) is 18.4 Å². The molecule has 20 heavy (non-hydrogen) atoms. The molecule has 2 aromatic heterocycles. The highest BCUT2D eigenvalue weighted by Gasteiger charge is 2.19. The van der Waals surface area contributed by atoms with Crippen molar-refractivity contribution in [3.05, 3.63) is 26.7 Å². The number of H-pyrrole nitrogens is 1. The van der Waals surface area contributed by atoms with E-state index in [0.29, 0.717) is 6.54 Å². The number of nitrogens with one attached hydrogen (secondary N) is 1. The summed E-state index contributed by atoms with van der Waals surface area (Å²) < 4.78 is 27.5. The van der Waals surface area contributed by atoms with Gasteiger partial charge in [-0.05, 0) is 6.42 Å². The molecule has 2 rings (SSSR count). The number of fused-ring (bicyclic) bond motifs is 1. The maximum Gasteiger partial charge on any atom is 0.332 e. The standard InChI is InChI=1S/C12H16F2N4O2/c1-3-4-5-6-18-10-7(11(19)17(2)12(18)20)15-9(16-10)8(13)14/h8H,3-6H2,1-2H3,(H,15,16). The zero-order valence-electron chi connectivity index (χ0n) is 11.3. The van der Waals surface area contributed by atoms with E-state index < -0.39 is 23.5 Å². The Morgan fingerprint density at radius 2 is 2.00 bits per heavy atom. The monoisotopic (exact) mass is 286 g/mol. The third-order valence-corrected chi connectivity index (χ3v) is 3.19. The maximum absolute atomic E-state index is 12.7. The lowest BCUT2D eigenvalue weighted by Crippen LogP contribution is -2.38. The number of alkyl halides is 2. The van der Waals surface area contributed by atoms with Crippen LogP contribution in [-0.2, 0) is 13.6 Å². The van der Waals surface area contributed by atoms with E-state index in [4.69, 9.17) is 0 Å². The fourth-order valence-electron chi connectivity index (χ4n) is 2.08. The first kappa shape index (κ1) is 14.4. The van der Waals surface area contributed by atoms with Crippen LogP contribution in [0.25, 0.3) is 11.2 Å². The Bertz CT molecular complexity index is 729. The zero-order valence-corrected chi connectivity index (χ0v) is 11.3. The molecular weight excluding hydrogens is 270 g/mol. The first-order valence-electron chi connectivity index (χ1n) is 6.45. The lowest BCUT2D eigenvalue weighted by Gasteiger charge is -2.07. The maximum atomic E-state index is 12.7. The molecule has 0 radical (unpaired) electrons. The summed E-state index contributed by atoms with van der Waals surface area (Å²) in [6.45, 7) is 2.37. The molecule has 8 heteroatoms. The van der Waals surface area contributed by atoms with Gasteiger partial charge in [0.15, 0.2) is 11.5 Å². The number of hydrogen-bond acceptors (Lipinski definition) is 3. The second-order valence-electron chi connectivity index (χ2n) is 4.63. The van der Waals surface area contributed by atoms with Crippen LogP contribution in [0.15, 0.2) is 9.59 Å². The van der Waals surface area contributed by atoms with Crippen molar-refractivity contribution in [3.8, 4) is 0 Å². The van der Waals surface area contributed by atoms with Gasteiger partial charge < -0.3 is 4.98 Å². The first-order chi connectivity index (χ1) is 9.47. The quantitative estimate of drug-likeness (QED) is 0.848. The number of aromatic amines is 1. The van der Waals surface area contributed by atoms with Crippen LogP contribution in [0.3, 0.4) is 0 Å². The Kier molecular flexibility index (Phi) is 4.01. The number of hydrogen-bond donors (Lipinski definition) is 1. The third kappa shape index (κ3) is 2.37. The van der Waals surface area contributed by atoms with Crippen molar-refractivity contribution in [3.63, 3.8) is 0 Å². The summed E-state index contributed by atoms with van der Waals surface area (Å²) >= 11 is 0. The highest BCUT2D eigenvalue weighted by atomic mass is 19.3. The van der Waals surface area contributed by atoms with Gasteiger partial charge in [0.2, 0.25) is 0 Å². The van der Waals surface area contributed by atoms with Crippen LogP contribution < -0.4 is 11.2 Å². The second kappa shape index (κ2) is 5.56. The molecule has 0 amide bonds. The minimum atomic E-state index is -2.81. The van der Waals surface area contributed by atoms with Crippen LogP contribution in [0, 0.1) is 0 Å². The van der Waals surface area contributed by atoms with E-state index in [1.807, 2.05) is 6.92 Å². The molecule has 1 N–H and O–H groups in total. The summed E-state index contributed by atoms with van der Waals surface area (Å²) in [6.07, 6.45) is -0.220. The minimum Gasteiger partial charge on any atom is -0.331 e. The summed E-state index contributed by atoms with van der Waals surface area (Å²) in [6, 6.07) is 0. The highest BCUT2D eigenvalue weighted by Crippen LogP contribution is 2.17. The molecule has 6 nitrogen and oxygen atoms in total. The predicted molar refractivity (Wildman–Crippen MR) is 70.1 cm³/mol. The molecule has 0 fully saturated rings. The van der Waals surface area contributed by atoms with Gasteiger partial charge in [0, 0.05) is 13.6 Å². The Balaban J connectivity index is 2.65. The molecular formula is C12H16F2N4O2. The van der Waals surface area contributed by atoms with Gasteiger partial charge >= 0.3 is 5.69 Å². The molecule has 0 spiro atoms. The highest BCUT2D eigenvalue weighted by molar-refractivity contribution is 5.69. The van der Waals surface area contributed by atoms with Gasteiger partial charge in [0.05, 0.1) is 0 Å². The normalized spacial score (nSPS) is 11.7. The average Bonchev–Trinajstić information content (AvgIpc) is 2.85. The second-order valence-corrected chi connectivity index (χ2v) is 4.63. The third-order valence-electron chi connectivity index (χ3n) is 3.19. The van der Waals surface area contributed by atoms with Gasteiger partial charge in [-0.15, -0.1) is 0 Å². The molecule has 0 bridgehead atoms. The summed E-state index contributed by atoms with van der Waals surface area (Å²) in [4.78, 5) is 30.0. The number of nitrogens with zero attached hydrogens (tertiary/aromatic N) is 3. The predicted octanol–water partition coefficient (Wildman–Crippen LogP) is 1.55. The summed E-state index contributed by atoms with van der Waals surface area (Å²) in [5.41, 5.74) is -1.23. The lowest BCUT2D eigenvalue weighted by molar-refractivity contribution is 0.142. The Morgan fingerprint density at radius 3 is 2.60 bits per heavy atom. The SMILES string of the molecule is CCCCCn1c(=O)n(C)c(=O)c2[nH]c(C(F)F)nc21. The molecule has 110 valence electrons. The number of halogens is 2. The minimum absolute atomic E-state index is 0.00417. The van der Waals surface area contributed by atoms with Gasteiger partial charge in [-0.2, -0.15) is 0 Å². The van der Waals surface area contributed by atoms with Crippen LogP contribution in [-0.4, -0.2) is 19.1 Å². The fraction of sp³-hybridized carbons (Fsp3) is 0.583. The Hall–Kier alpha value is -1.99. The van der Waals surface area contributed by atoms with E-state index in [1.54, 1.807) is 0 Å². The molecule has 0 saturated heterocycles. The first-order valence-corrected chi connectivity index (χ1v) is 6.45. The van der Waals surface area contributed by atoms with E-state index in [-0.39, 0.29) is 11.2 Å². The van der Waals surface area contributed by atoms with E-state index in [1.165, 1.54) is 11.6 Å². The smallest absolute Gasteiger partial charge is 0.331 e. The molecule has 0 aliphatic rings. The van der Waals surface area contributed by atoms with E-state index in [0.717, 1.165) is 23.8 Å². The Labute approximate surface area is 113 Å². The van der Waals surface area contributed by atoms with Crippen molar-refractivity contribution < 1.29 is 8.78 Å². The molecule has 0 atom stereocenters. The summed E-state index contributed by atoms with van der Waals surface area (Å²) in [5.74, 6) is -0.591. The molecule has 0 aromatic carbocycles. The topological polar surface area (TPSA) is 72.7 Å². The van der Waals surface area contributed by atoms with Crippen LogP contribution in [0.1, 0.15) is 38.4 Å². The van der Waals surface area contributed by atoms with Crippen LogP contribution in [0.4, 0.5) is 8.78 Å². The number of aryl methyl sites for hydroxylation is 1. The number of aromatic nitrogens is 4. The lowest BCUT2D eigenvalue weighted by atomic mass is 10.2. The number of rotatable bonds is 5. The van der Waals surface area contributed by atoms with Gasteiger partial charge in [0.1, 0.15) is 5.52 Å². The van der Waals surface area contributed by atoms with Gasteiger partial charge in [-0.1, -0.05) is 19.8 Å². The summed E-state index contributed by atoms with van der Waals surface area (Å²) in [5, 5.41) is 0. The fourth-order valence-corrected chi connectivity index (χ4v) is 2.08. The van der Waals surface area contributed by atoms with E-state index in [2.05, 4.69) is 9.97 Å². The molecule has 0 aliphatic carbocycles. The van der Waals surface area contributed by atoms with Crippen molar-refractivity contribution in [2.45, 2.75) is 39.2 Å². The van der Waals surface area contributed by atoms with Crippen molar-refractivity contribution >= 4 is 11.2 Å². The Morgan fingerprint density at radius 1 is 1.30 bits per heavy atom. The van der Waals surface area contributed by atoms with Crippen LogP contribution in [0.5, 0.6) is 0 Å². The summed E-state index contributed by atoms with van der Waals surface area (Å²) in [7, 11) is 1.32. The number of imidazole rings is 1. The number of unbranched alkanes of at least 4 members (excludes halogenated alkanes) is 2. The van der Waals surface area contributed by atoms with Crippen molar-refractivity contribution in [1.82, 2.24) is 19.1 Å². The van der Waals surface area contributed by atoms with Crippen molar-refractivity contribution in [1.29, 1.82) is 0 Å². The van der Waals surface area contributed by atoms with Crippen molar-refractivity contribution in [2.24, 2.45) is 7.05 Å². The average molecular weight is 286 g/mol. The molecule has 2 aromatic rings. The molecule has 0 unspecified atom stereocenters. The van der Waals surface area contributed by atoms with Crippen LogP contribution >= 0.6 is 0 Å². The molecule has 2 heterocycles.